The average molecular weight is 644 g/mol. The zero-order valence-corrected chi connectivity index (χ0v) is 24.1. The van der Waals surface area contributed by atoms with Gasteiger partial charge in [0.15, 0.2) is 6.29 Å². The van der Waals surface area contributed by atoms with E-state index >= 15 is 0 Å². The Morgan fingerprint density at radius 2 is 1.56 bits per heavy atom. The molecule has 0 radical (unpaired) electrons. The number of ether oxygens (including phenoxy) is 5. The largest absolute Gasteiger partial charge is 0.374 e. The molecule has 8 heteroatoms. The van der Waals surface area contributed by atoms with Gasteiger partial charge >= 0.3 is 0 Å². The molecule has 39 heavy (non-hydrogen) atoms. The van der Waals surface area contributed by atoms with Crippen molar-refractivity contribution in [2.45, 2.75) is 43.9 Å². The summed E-state index contributed by atoms with van der Waals surface area (Å²) in [5.74, 6) is -0.247. The van der Waals surface area contributed by atoms with Crippen molar-refractivity contribution in [3.05, 3.63) is 118 Å². The van der Waals surface area contributed by atoms with E-state index in [-0.39, 0.29) is 19.1 Å². The molecule has 1 aliphatic rings. The van der Waals surface area contributed by atoms with Crippen molar-refractivity contribution in [3.63, 3.8) is 0 Å². The summed E-state index contributed by atoms with van der Waals surface area (Å²) < 4.78 is 31.7. The maximum absolute atomic E-state index is 13.3. The van der Waals surface area contributed by atoms with E-state index in [1.165, 1.54) is 0 Å². The van der Waals surface area contributed by atoms with Crippen LogP contribution >= 0.6 is 22.6 Å². The Bertz CT molecular complexity index is 1180. The summed E-state index contributed by atoms with van der Waals surface area (Å²) in [6, 6.07) is 26.6. The van der Waals surface area contributed by atoms with Gasteiger partial charge in [0, 0.05) is 10.7 Å². The molecule has 0 spiro atoms. The molecule has 1 aliphatic heterocycles. The molecule has 1 heterocycles. The average Bonchev–Trinajstić information content (AvgIpc) is 2.97. The van der Waals surface area contributed by atoms with Gasteiger partial charge in [-0.1, -0.05) is 78.9 Å². The molecule has 5 atom stereocenters. The van der Waals surface area contributed by atoms with Crippen molar-refractivity contribution >= 4 is 28.5 Å². The highest BCUT2D eigenvalue weighted by Crippen LogP contribution is 2.29. The minimum atomic E-state index is -0.785. The van der Waals surface area contributed by atoms with Gasteiger partial charge in [0.2, 0.25) is 0 Å². The van der Waals surface area contributed by atoms with E-state index in [0.29, 0.717) is 18.8 Å². The van der Waals surface area contributed by atoms with Gasteiger partial charge in [-0.2, -0.15) is 0 Å². The van der Waals surface area contributed by atoms with Gasteiger partial charge in [0.1, 0.15) is 24.4 Å². The van der Waals surface area contributed by atoms with Crippen LogP contribution in [0.1, 0.15) is 21.5 Å². The quantitative estimate of drug-likeness (QED) is 0.206. The molecule has 3 aromatic rings. The van der Waals surface area contributed by atoms with E-state index in [1.807, 2.05) is 78.9 Å². The van der Waals surface area contributed by atoms with Crippen LogP contribution in [-0.4, -0.2) is 56.9 Å². The van der Waals surface area contributed by atoms with Crippen LogP contribution < -0.4 is 5.32 Å². The minimum Gasteiger partial charge on any atom is -0.374 e. The van der Waals surface area contributed by atoms with E-state index in [9.17, 15) is 4.79 Å². The van der Waals surface area contributed by atoms with Crippen LogP contribution in [0.25, 0.3) is 0 Å². The minimum absolute atomic E-state index is 0.247. The maximum atomic E-state index is 13.3. The zero-order chi connectivity index (χ0) is 27.5. The lowest BCUT2D eigenvalue weighted by Crippen LogP contribution is -2.66. The summed E-state index contributed by atoms with van der Waals surface area (Å²) in [5, 5.41) is 3.09. The van der Waals surface area contributed by atoms with Crippen LogP contribution in [0.5, 0.6) is 0 Å². The van der Waals surface area contributed by atoms with E-state index < -0.39 is 30.6 Å². The molecule has 0 bridgehead atoms. The van der Waals surface area contributed by atoms with Crippen molar-refractivity contribution in [3.8, 4) is 0 Å². The van der Waals surface area contributed by atoms with Gasteiger partial charge in [0.05, 0.1) is 32.0 Å². The standard InChI is InChI=1S/C31H34INO6/c1-3-18-37-29-27(33-30(34)24-16-10-11-17-25(24)32)31(35-2)39-26(21-36-19-22-12-6-4-7-13-22)28(29)38-20-23-14-8-5-9-15-23/h3-17,26-29,31H,1,18-21H2,2H3,(H,33,34)/t26-,27-,28-,29-,31+/m1/s1. The SMILES string of the molecule is C=CCO[C@@H]1[C@@H](NC(=O)c2ccccc2I)[C@@H](OC)O[C@H](COCc2ccccc2)[C@H]1OCc1ccccc1. The molecule has 3 aromatic carbocycles. The van der Waals surface area contributed by atoms with E-state index in [4.69, 9.17) is 23.7 Å². The lowest BCUT2D eigenvalue weighted by Gasteiger charge is -2.45. The maximum Gasteiger partial charge on any atom is 0.252 e. The fourth-order valence-corrected chi connectivity index (χ4v) is 5.11. The Balaban J connectivity index is 1.58. The Hall–Kier alpha value is -2.60. The van der Waals surface area contributed by atoms with Crippen LogP contribution in [-0.2, 0) is 36.9 Å². The highest BCUT2D eigenvalue weighted by molar-refractivity contribution is 14.1. The highest BCUT2D eigenvalue weighted by Gasteiger charge is 2.48. The van der Waals surface area contributed by atoms with Crippen LogP contribution in [0.3, 0.4) is 0 Å². The van der Waals surface area contributed by atoms with Gasteiger partial charge in [-0.15, -0.1) is 6.58 Å². The van der Waals surface area contributed by atoms with Crippen molar-refractivity contribution in [1.29, 1.82) is 0 Å². The second-order valence-electron chi connectivity index (χ2n) is 9.11. The molecule has 0 saturated carbocycles. The number of hydrogen-bond donors (Lipinski definition) is 1. The summed E-state index contributed by atoms with van der Waals surface area (Å²) in [4.78, 5) is 13.3. The second-order valence-corrected chi connectivity index (χ2v) is 10.3. The number of hydrogen-bond acceptors (Lipinski definition) is 6. The van der Waals surface area contributed by atoms with Crippen LogP contribution in [0.4, 0.5) is 0 Å². The van der Waals surface area contributed by atoms with Gasteiger partial charge in [-0.05, 0) is 45.9 Å². The number of halogens is 1. The summed E-state index contributed by atoms with van der Waals surface area (Å²) in [6.07, 6.45) is -0.784. The molecule has 1 N–H and O–H groups in total. The third-order valence-electron chi connectivity index (χ3n) is 6.38. The fraction of sp³-hybridized carbons (Fsp3) is 0.323. The molecule has 1 fully saturated rings. The van der Waals surface area contributed by atoms with Crippen molar-refractivity contribution in [2.24, 2.45) is 0 Å². The van der Waals surface area contributed by atoms with Crippen molar-refractivity contribution in [2.75, 3.05) is 20.3 Å². The number of rotatable bonds is 13. The number of carbonyl (C=O) groups is 1. The Morgan fingerprint density at radius 3 is 2.21 bits per heavy atom. The lowest BCUT2D eigenvalue weighted by atomic mass is 9.95. The molecule has 0 aromatic heterocycles. The van der Waals surface area contributed by atoms with Gasteiger partial charge in [0.25, 0.3) is 5.91 Å². The molecule has 0 unspecified atom stereocenters. The van der Waals surface area contributed by atoms with Gasteiger partial charge in [-0.3, -0.25) is 4.79 Å². The number of amides is 1. The summed E-state index contributed by atoms with van der Waals surface area (Å²) in [6.45, 7) is 5.09. The fourth-order valence-electron chi connectivity index (χ4n) is 4.48. The third-order valence-corrected chi connectivity index (χ3v) is 7.32. The van der Waals surface area contributed by atoms with Gasteiger partial charge in [-0.25, -0.2) is 0 Å². The number of benzene rings is 3. The monoisotopic (exact) mass is 643 g/mol. The zero-order valence-electron chi connectivity index (χ0n) is 21.9. The molecule has 4 rings (SSSR count). The van der Waals surface area contributed by atoms with E-state index in [0.717, 1.165) is 14.7 Å². The lowest BCUT2D eigenvalue weighted by molar-refractivity contribution is -0.281. The van der Waals surface area contributed by atoms with E-state index in [2.05, 4.69) is 34.5 Å². The Morgan fingerprint density at radius 1 is 0.923 bits per heavy atom. The Labute approximate surface area is 243 Å². The smallest absolute Gasteiger partial charge is 0.252 e. The number of nitrogens with one attached hydrogen (secondary N) is 1. The summed E-state index contributed by atoms with van der Waals surface area (Å²) in [5.41, 5.74) is 2.63. The van der Waals surface area contributed by atoms with Crippen LogP contribution in [0.2, 0.25) is 0 Å². The number of methoxy groups -OCH3 is 1. The van der Waals surface area contributed by atoms with Crippen molar-refractivity contribution < 1.29 is 28.5 Å². The van der Waals surface area contributed by atoms with Crippen molar-refractivity contribution in [1.82, 2.24) is 5.32 Å². The Kier molecular flexibility index (Phi) is 11.5. The topological polar surface area (TPSA) is 75.3 Å². The normalized spacial score (nSPS) is 22.8. The molecular weight excluding hydrogens is 609 g/mol. The molecule has 206 valence electrons. The first kappa shape index (κ1) is 29.4. The van der Waals surface area contributed by atoms with Gasteiger partial charge < -0.3 is 29.0 Å². The second kappa shape index (κ2) is 15.3. The third kappa shape index (κ3) is 8.20. The first-order valence-corrected chi connectivity index (χ1v) is 13.9. The molecular formula is C31H34INO6. The first-order chi connectivity index (χ1) is 19.1. The summed E-state index contributed by atoms with van der Waals surface area (Å²) >= 11 is 2.15. The number of carbonyl (C=O) groups excluding carboxylic acids is 1. The molecule has 1 saturated heterocycles. The first-order valence-electron chi connectivity index (χ1n) is 12.8. The summed E-state index contributed by atoms with van der Waals surface area (Å²) in [7, 11) is 1.55. The highest BCUT2D eigenvalue weighted by atomic mass is 127. The predicted molar refractivity (Wildman–Crippen MR) is 157 cm³/mol. The van der Waals surface area contributed by atoms with E-state index in [1.54, 1.807) is 19.3 Å². The molecule has 7 nitrogen and oxygen atoms in total. The van der Waals surface area contributed by atoms with Crippen LogP contribution in [0, 0.1) is 3.57 Å². The molecule has 1 amide bonds. The van der Waals surface area contributed by atoms with Crippen LogP contribution in [0.15, 0.2) is 97.6 Å². The predicted octanol–water partition coefficient (Wildman–Crippen LogP) is 5.13. The molecule has 0 aliphatic carbocycles.